The van der Waals surface area contributed by atoms with E-state index >= 15 is 0 Å². The Bertz CT molecular complexity index is 765. The van der Waals surface area contributed by atoms with Crippen molar-refractivity contribution in [1.82, 2.24) is 9.97 Å². The van der Waals surface area contributed by atoms with Crippen molar-refractivity contribution in [1.29, 1.82) is 0 Å². The van der Waals surface area contributed by atoms with Gasteiger partial charge in [-0.25, -0.2) is 4.98 Å². The van der Waals surface area contributed by atoms with E-state index in [9.17, 15) is 0 Å². The Balaban J connectivity index is 1.87. The lowest BCUT2D eigenvalue weighted by Gasteiger charge is -2.23. The topological polar surface area (TPSA) is 50.3 Å². The normalized spacial score (nSPS) is 10.4. The molecule has 0 spiro atoms. The van der Waals surface area contributed by atoms with Crippen molar-refractivity contribution in [3.05, 3.63) is 78.5 Å². The number of benzene rings is 2. The van der Waals surface area contributed by atoms with Gasteiger partial charge in [0.05, 0.1) is 13.2 Å². The van der Waals surface area contributed by atoms with Crippen LogP contribution in [0.2, 0.25) is 0 Å². The zero-order chi connectivity index (χ0) is 17.3. The van der Waals surface area contributed by atoms with E-state index in [0.717, 1.165) is 11.5 Å². The van der Waals surface area contributed by atoms with Crippen LogP contribution < -0.4 is 10.2 Å². The summed E-state index contributed by atoms with van der Waals surface area (Å²) >= 11 is 0. The van der Waals surface area contributed by atoms with Gasteiger partial charge in [-0.15, -0.1) is 0 Å². The molecule has 0 amide bonds. The van der Waals surface area contributed by atoms with Crippen LogP contribution in [-0.4, -0.2) is 30.2 Å². The third-order valence-corrected chi connectivity index (χ3v) is 3.75. The minimum absolute atomic E-state index is 0.631. The van der Waals surface area contributed by atoms with E-state index in [2.05, 4.69) is 44.5 Å². The number of aromatic nitrogens is 2. The molecule has 3 aromatic rings. The fourth-order valence-corrected chi connectivity index (χ4v) is 2.51. The van der Waals surface area contributed by atoms with Gasteiger partial charge in [0, 0.05) is 25.5 Å². The molecule has 0 atom stereocenters. The summed E-state index contributed by atoms with van der Waals surface area (Å²) < 4.78 is 5.07. The van der Waals surface area contributed by atoms with Crippen molar-refractivity contribution in [2.24, 2.45) is 0 Å². The van der Waals surface area contributed by atoms with Crippen LogP contribution in [0.15, 0.2) is 72.9 Å². The SMILES string of the molecule is COCCNc1ccnc(N(Cc2ccccc2)c2ccccc2)n1. The van der Waals surface area contributed by atoms with E-state index in [1.54, 1.807) is 13.3 Å². The predicted molar refractivity (Wildman–Crippen MR) is 101 cm³/mol. The van der Waals surface area contributed by atoms with Crippen molar-refractivity contribution in [3.63, 3.8) is 0 Å². The van der Waals surface area contributed by atoms with Crippen LogP contribution in [0, 0.1) is 0 Å². The van der Waals surface area contributed by atoms with Crippen LogP contribution in [0.25, 0.3) is 0 Å². The average molecular weight is 334 g/mol. The second-order valence-corrected chi connectivity index (χ2v) is 5.57. The lowest BCUT2D eigenvalue weighted by molar-refractivity contribution is 0.210. The highest BCUT2D eigenvalue weighted by molar-refractivity contribution is 5.58. The highest BCUT2D eigenvalue weighted by atomic mass is 16.5. The molecule has 0 aliphatic rings. The molecular formula is C20H22N4O. The Labute approximate surface area is 148 Å². The number of methoxy groups -OCH3 is 1. The molecule has 128 valence electrons. The number of nitrogens with zero attached hydrogens (tertiary/aromatic N) is 3. The summed E-state index contributed by atoms with van der Waals surface area (Å²) in [5.74, 6) is 1.45. The fraction of sp³-hybridized carbons (Fsp3) is 0.200. The number of anilines is 3. The zero-order valence-corrected chi connectivity index (χ0v) is 14.3. The number of para-hydroxylation sites is 1. The van der Waals surface area contributed by atoms with Gasteiger partial charge < -0.3 is 15.0 Å². The number of ether oxygens (including phenoxy) is 1. The quantitative estimate of drug-likeness (QED) is 0.634. The zero-order valence-electron chi connectivity index (χ0n) is 14.3. The minimum atomic E-state index is 0.631. The summed E-state index contributed by atoms with van der Waals surface area (Å²) in [6.07, 6.45) is 1.78. The number of hydrogen-bond donors (Lipinski definition) is 1. The summed E-state index contributed by atoms with van der Waals surface area (Å²) in [7, 11) is 1.68. The molecule has 0 saturated carbocycles. The second-order valence-electron chi connectivity index (χ2n) is 5.57. The van der Waals surface area contributed by atoms with Gasteiger partial charge in [-0.05, 0) is 23.8 Å². The first-order valence-electron chi connectivity index (χ1n) is 8.29. The molecule has 0 radical (unpaired) electrons. The van der Waals surface area contributed by atoms with E-state index in [0.29, 0.717) is 25.6 Å². The Morgan fingerprint density at radius 2 is 1.68 bits per heavy atom. The molecule has 3 rings (SSSR count). The molecule has 2 aromatic carbocycles. The summed E-state index contributed by atoms with van der Waals surface area (Å²) in [5, 5.41) is 3.25. The van der Waals surface area contributed by atoms with Gasteiger partial charge in [0.25, 0.3) is 0 Å². The molecular weight excluding hydrogens is 312 g/mol. The molecule has 0 fully saturated rings. The van der Waals surface area contributed by atoms with Crippen LogP contribution >= 0.6 is 0 Å². The highest BCUT2D eigenvalue weighted by Crippen LogP contribution is 2.25. The monoisotopic (exact) mass is 334 g/mol. The molecule has 0 saturated heterocycles. The average Bonchev–Trinajstić information content (AvgIpc) is 2.68. The van der Waals surface area contributed by atoms with Crippen LogP contribution in [0.5, 0.6) is 0 Å². The van der Waals surface area contributed by atoms with Gasteiger partial charge in [0.1, 0.15) is 5.82 Å². The smallest absolute Gasteiger partial charge is 0.232 e. The maximum absolute atomic E-state index is 5.07. The summed E-state index contributed by atoms with van der Waals surface area (Å²) in [6, 6.07) is 22.4. The van der Waals surface area contributed by atoms with E-state index in [4.69, 9.17) is 4.74 Å². The van der Waals surface area contributed by atoms with Gasteiger partial charge in [0.15, 0.2) is 0 Å². The number of rotatable bonds is 8. The first-order chi connectivity index (χ1) is 12.4. The first-order valence-corrected chi connectivity index (χ1v) is 8.29. The Morgan fingerprint density at radius 3 is 2.40 bits per heavy atom. The van der Waals surface area contributed by atoms with E-state index in [-0.39, 0.29) is 0 Å². The lowest BCUT2D eigenvalue weighted by atomic mass is 10.2. The third kappa shape index (κ3) is 4.78. The third-order valence-electron chi connectivity index (χ3n) is 3.75. The first kappa shape index (κ1) is 16.9. The molecule has 0 aliphatic heterocycles. The summed E-state index contributed by atoms with van der Waals surface area (Å²) in [5.41, 5.74) is 2.26. The molecule has 5 heteroatoms. The highest BCUT2D eigenvalue weighted by Gasteiger charge is 2.13. The van der Waals surface area contributed by atoms with Gasteiger partial charge in [0.2, 0.25) is 5.95 Å². The number of hydrogen-bond acceptors (Lipinski definition) is 5. The van der Waals surface area contributed by atoms with E-state index in [1.807, 2.05) is 42.5 Å². The van der Waals surface area contributed by atoms with Crippen LogP contribution in [-0.2, 0) is 11.3 Å². The van der Waals surface area contributed by atoms with Gasteiger partial charge in [-0.3, -0.25) is 0 Å². The largest absolute Gasteiger partial charge is 0.383 e. The van der Waals surface area contributed by atoms with Crippen LogP contribution in [0.3, 0.4) is 0 Å². The second kappa shape index (κ2) is 8.80. The van der Waals surface area contributed by atoms with Gasteiger partial charge in [-0.1, -0.05) is 48.5 Å². The number of nitrogens with one attached hydrogen (secondary N) is 1. The van der Waals surface area contributed by atoms with Crippen molar-refractivity contribution < 1.29 is 4.74 Å². The van der Waals surface area contributed by atoms with E-state index in [1.165, 1.54) is 5.56 Å². The molecule has 25 heavy (non-hydrogen) atoms. The lowest BCUT2D eigenvalue weighted by Crippen LogP contribution is -2.20. The van der Waals surface area contributed by atoms with Crippen molar-refractivity contribution in [2.75, 3.05) is 30.5 Å². The standard InChI is InChI=1S/C20H22N4O/c1-25-15-14-21-19-12-13-22-20(23-19)24(18-10-6-3-7-11-18)16-17-8-4-2-5-9-17/h2-13H,14-16H2,1H3,(H,21,22,23). The Hall–Kier alpha value is -2.92. The van der Waals surface area contributed by atoms with Crippen molar-refractivity contribution >= 4 is 17.5 Å². The van der Waals surface area contributed by atoms with Crippen molar-refractivity contribution in [3.8, 4) is 0 Å². The summed E-state index contributed by atoms with van der Waals surface area (Å²) in [6.45, 7) is 2.04. The molecule has 5 nitrogen and oxygen atoms in total. The van der Waals surface area contributed by atoms with Crippen LogP contribution in [0.1, 0.15) is 5.56 Å². The maximum Gasteiger partial charge on any atom is 0.232 e. The predicted octanol–water partition coefficient (Wildman–Crippen LogP) is 3.87. The molecule has 0 unspecified atom stereocenters. The minimum Gasteiger partial charge on any atom is -0.383 e. The Morgan fingerprint density at radius 1 is 0.960 bits per heavy atom. The molecule has 0 bridgehead atoms. The Kier molecular flexibility index (Phi) is 5.96. The fourth-order valence-electron chi connectivity index (χ4n) is 2.51. The molecule has 1 heterocycles. The van der Waals surface area contributed by atoms with Gasteiger partial charge >= 0.3 is 0 Å². The van der Waals surface area contributed by atoms with E-state index < -0.39 is 0 Å². The summed E-state index contributed by atoms with van der Waals surface area (Å²) in [4.78, 5) is 11.3. The van der Waals surface area contributed by atoms with Crippen LogP contribution in [0.4, 0.5) is 17.5 Å². The maximum atomic E-state index is 5.07. The van der Waals surface area contributed by atoms with Crippen molar-refractivity contribution in [2.45, 2.75) is 6.54 Å². The molecule has 1 N–H and O–H groups in total. The molecule has 1 aromatic heterocycles. The molecule has 0 aliphatic carbocycles. The van der Waals surface area contributed by atoms with Gasteiger partial charge in [-0.2, -0.15) is 4.98 Å².